The highest BCUT2D eigenvalue weighted by Crippen LogP contribution is 2.20. The first-order chi connectivity index (χ1) is 15.1. The first-order valence-corrected chi connectivity index (χ1v) is 10.00. The molecule has 0 saturated carbocycles. The van der Waals surface area contributed by atoms with E-state index in [4.69, 9.17) is 32.6 Å². The van der Waals surface area contributed by atoms with Crippen LogP contribution in [-0.4, -0.2) is 63.4 Å². The third-order valence-corrected chi connectivity index (χ3v) is 4.28. The minimum atomic E-state index is -1.22. The molecule has 12 N–H and O–H groups in total. The monoisotopic (exact) mass is 457 g/mol. The summed E-state index contributed by atoms with van der Waals surface area (Å²) in [7, 11) is 0. The Kier molecular flexibility index (Phi) is 11.4. The van der Waals surface area contributed by atoms with E-state index in [0.717, 1.165) is 0 Å². The van der Waals surface area contributed by atoms with Crippen molar-refractivity contribution in [2.45, 2.75) is 56.7 Å². The predicted octanol–water partition coefficient (Wildman–Crippen LogP) is -1.48. The molecule has 15 heteroatoms. The van der Waals surface area contributed by atoms with Gasteiger partial charge in [0.15, 0.2) is 11.8 Å². The Balaban J connectivity index is 2.81. The summed E-state index contributed by atoms with van der Waals surface area (Å²) in [6.45, 7) is 0.660. The molecule has 0 spiro atoms. The van der Waals surface area contributed by atoms with Crippen LogP contribution in [0.4, 0.5) is 4.79 Å². The predicted molar refractivity (Wildman–Crippen MR) is 112 cm³/mol. The van der Waals surface area contributed by atoms with Crippen LogP contribution < -0.4 is 33.6 Å². The van der Waals surface area contributed by atoms with Crippen LogP contribution in [0.3, 0.4) is 0 Å². The van der Waals surface area contributed by atoms with Crippen molar-refractivity contribution in [1.29, 1.82) is 0 Å². The number of aromatic nitrogens is 2. The van der Waals surface area contributed by atoms with Gasteiger partial charge in [0.25, 0.3) is 0 Å². The van der Waals surface area contributed by atoms with E-state index in [2.05, 4.69) is 25.8 Å². The van der Waals surface area contributed by atoms with E-state index in [9.17, 15) is 19.5 Å². The van der Waals surface area contributed by atoms with Crippen molar-refractivity contribution >= 4 is 23.9 Å². The second-order valence-corrected chi connectivity index (χ2v) is 6.99. The molecule has 2 amide bonds. The molecule has 2 unspecified atom stereocenters. The highest BCUT2D eigenvalue weighted by molar-refractivity contribution is 5.82. The van der Waals surface area contributed by atoms with E-state index in [1.807, 2.05) is 0 Å². The van der Waals surface area contributed by atoms with Crippen LogP contribution in [0.25, 0.3) is 0 Å². The molecular formula is C17H31N9O6. The number of amides is 2. The molecule has 1 aromatic rings. The Morgan fingerprint density at radius 2 is 1.81 bits per heavy atom. The summed E-state index contributed by atoms with van der Waals surface area (Å²) < 4.78 is 5.15. The minimum Gasteiger partial charge on any atom is -0.481 e. The van der Waals surface area contributed by atoms with Crippen molar-refractivity contribution in [3.05, 3.63) is 11.7 Å². The lowest BCUT2D eigenvalue weighted by molar-refractivity contribution is -0.139. The smallest absolute Gasteiger partial charge is 0.326 e. The van der Waals surface area contributed by atoms with Gasteiger partial charge in [0, 0.05) is 6.54 Å². The lowest BCUT2D eigenvalue weighted by atomic mass is 10.1. The number of carboxylic acid groups (broad SMARTS) is 2. The van der Waals surface area contributed by atoms with Crippen LogP contribution in [-0.2, 0) is 9.59 Å². The van der Waals surface area contributed by atoms with E-state index in [0.29, 0.717) is 32.2 Å². The molecule has 0 aliphatic carbocycles. The Labute approximate surface area is 184 Å². The van der Waals surface area contributed by atoms with Crippen molar-refractivity contribution in [2.24, 2.45) is 27.9 Å². The first kappa shape index (κ1) is 26.6. The fourth-order valence-corrected chi connectivity index (χ4v) is 2.69. The number of carbonyl (C=O) groups excluding carboxylic acids is 1. The number of aliphatic carboxylic acids is 2. The number of carbonyl (C=O) groups is 3. The molecule has 0 radical (unpaired) electrons. The second kappa shape index (κ2) is 13.8. The Morgan fingerprint density at radius 1 is 1.09 bits per heavy atom. The fourth-order valence-electron chi connectivity index (χ4n) is 2.69. The molecule has 0 fully saturated rings. The van der Waals surface area contributed by atoms with E-state index < -0.39 is 42.5 Å². The highest BCUT2D eigenvalue weighted by Gasteiger charge is 2.26. The summed E-state index contributed by atoms with van der Waals surface area (Å²) in [6.07, 6.45) is 1.70. The van der Waals surface area contributed by atoms with Gasteiger partial charge in [0.2, 0.25) is 5.89 Å². The summed E-state index contributed by atoms with van der Waals surface area (Å²) in [6, 6.07) is -3.66. The summed E-state index contributed by atoms with van der Waals surface area (Å²) in [4.78, 5) is 42.6. The lowest BCUT2D eigenvalue weighted by Crippen LogP contribution is -2.47. The number of aliphatic imine (C=N–C) groups is 1. The van der Waals surface area contributed by atoms with Crippen molar-refractivity contribution < 1.29 is 29.1 Å². The summed E-state index contributed by atoms with van der Waals surface area (Å²) >= 11 is 0. The number of rotatable bonds is 15. The largest absolute Gasteiger partial charge is 0.481 e. The summed E-state index contributed by atoms with van der Waals surface area (Å²) in [5.41, 5.74) is 21.7. The molecule has 0 aromatic carbocycles. The third kappa shape index (κ3) is 10.0. The molecular weight excluding hydrogens is 426 g/mol. The topological polar surface area (TPSA) is 271 Å². The molecule has 32 heavy (non-hydrogen) atoms. The van der Waals surface area contributed by atoms with E-state index in [-0.39, 0.29) is 30.6 Å². The SMILES string of the molecule is NCCCCC(NC(=O)NC(CCCN=C(N)N)C(=O)O)c1nc([C@@H](N)CC(=O)O)no1. The zero-order valence-electron chi connectivity index (χ0n) is 17.6. The van der Waals surface area contributed by atoms with Crippen LogP contribution in [0, 0.1) is 0 Å². The number of nitrogens with two attached hydrogens (primary N) is 4. The van der Waals surface area contributed by atoms with Crippen LogP contribution >= 0.6 is 0 Å². The average Bonchev–Trinajstić information content (AvgIpc) is 3.19. The first-order valence-electron chi connectivity index (χ1n) is 10.00. The zero-order valence-corrected chi connectivity index (χ0v) is 17.6. The molecule has 1 aromatic heterocycles. The van der Waals surface area contributed by atoms with Gasteiger partial charge >= 0.3 is 18.0 Å². The van der Waals surface area contributed by atoms with Crippen LogP contribution in [0.5, 0.6) is 0 Å². The molecule has 0 aliphatic heterocycles. The second-order valence-electron chi connectivity index (χ2n) is 6.99. The van der Waals surface area contributed by atoms with Crippen molar-refractivity contribution in [3.63, 3.8) is 0 Å². The Bertz CT molecular complexity index is 780. The maximum absolute atomic E-state index is 12.4. The zero-order chi connectivity index (χ0) is 24.1. The van der Waals surface area contributed by atoms with Gasteiger partial charge in [-0.05, 0) is 38.6 Å². The highest BCUT2D eigenvalue weighted by atomic mass is 16.5. The van der Waals surface area contributed by atoms with E-state index >= 15 is 0 Å². The van der Waals surface area contributed by atoms with Crippen molar-refractivity contribution in [3.8, 4) is 0 Å². The molecule has 3 atom stereocenters. The molecule has 15 nitrogen and oxygen atoms in total. The number of unbranched alkanes of at least 4 members (excludes halogenated alkanes) is 1. The van der Waals surface area contributed by atoms with Gasteiger partial charge in [0.05, 0.1) is 12.5 Å². The normalized spacial score (nSPS) is 13.6. The molecule has 1 rings (SSSR count). The van der Waals surface area contributed by atoms with E-state index in [1.165, 1.54) is 0 Å². The van der Waals surface area contributed by atoms with E-state index in [1.54, 1.807) is 0 Å². The molecule has 0 saturated heterocycles. The standard InChI is InChI=1S/C17H31N9O6/c18-6-2-1-4-10(14-25-13(26-32-14)9(19)8-12(27)28)23-17(31)24-11(15(29)30)5-3-7-22-16(20)21/h9-11H,1-8,18-19H2,(H,27,28)(H,29,30)(H4,20,21,22)(H2,23,24,31)/t9-,10?,11?/m0/s1. The number of nitrogens with zero attached hydrogens (tertiary/aromatic N) is 3. The number of carboxylic acids is 2. The van der Waals surface area contributed by atoms with Gasteiger partial charge in [-0.1, -0.05) is 5.16 Å². The lowest BCUT2D eigenvalue weighted by Gasteiger charge is -2.19. The minimum absolute atomic E-state index is 0.0171. The Morgan fingerprint density at radius 3 is 2.41 bits per heavy atom. The van der Waals surface area contributed by atoms with Gasteiger partial charge < -0.3 is 48.3 Å². The number of hydrogen-bond acceptors (Lipinski definition) is 9. The summed E-state index contributed by atoms with van der Waals surface area (Å²) in [5.74, 6) is -2.45. The molecule has 0 bridgehead atoms. The number of hydrogen-bond donors (Lipinski definition) is 8. The molecule has 0 aliphatic rings. The van der Waals surface area contributed by atoms with Gasteiger partial charge in [-0.3, -0.25) is 9.79 Å². The quantitative estimate of drug-likeness (QED) is 0.0850. The fraction of sp³-hybridized carbons (Fsp3) is 0.647. The number of urea groups is 1. The molecule has 1 heterocycles. The van der Waals surface area contributed by atoms with Crippen molar-refractivity contribution in [2.75, 3.05) is 13.1 Å². The maximum atomic E-state index is 12.4. The van der Waals surface area contributed by atoms with Crippen LogP contribution in [0.2, 0.25) is 0 Å². The van der Waals surface area contributed by atoms with Gasteiger partial charge in [-0.15, -0.1) is 0 Å². The van der Waals surface area contributed by atoms with Crippen LogP contribution in [0.15, 0.2) is 9.52 Å². The summed E-state index contributed by atoms with van der Waals surface area (Å²) in [5, 5.41) is 26.9. The number of guanidine groups is 1. The van der Waals surface area contributed by atoms with Crippen LogP contribution in [0.1, 0.15) is 62.3 Å². The van der Waals surface area contributed by atoms with Crippen molar-refractivity contribution in [1.82, 2.24) is 20.8 Å². The molecule has 180 valence electrons. The van der Waals surface area contributed by atoms with Gasteiger partial charge in [0.1, 0.15) is 12.1 Å². The average molecular weight is 457 g/mol. The van der Waals surface area contributed by atoms with Gasteiger partial charge in [-0.2, -0.15) is 4.98 Å². The maximum Gasteiger partial charge on any atom is 0.326 e. The third-order valence-electron chi connectivity index (χ3n) is 4.28. The number of nitrogens with one attached hydrogen (secondary N) is 2. The van der Waals surface area contributed by atoms with Gasteiger partial charge in [-0.25, -0.2) is 9.59 Å². The Hall–Kier alpha value is -3.46.